The monoisotopic (exact) mass is 252 g/mol. The van der Waals surface area contributed by atoms with Crippen LogP contribution in [0.15, 0.2) is 18.3 Å². The van der Waals surface area contributed by atoms with Gasteiger partial charge < -0.3 is 0 Å². The van der Waals surface area contributed by atoms with E-state index in [0.717, 1.165) is 29.1 Å². The number of piperidine rings is 1. The molecule has 1 aliphatic rings. The average Bonchev–Trinajstić information content (AvgIpc) is 2.29. The Hall–Kier alpha value is -0.600. The predicted octanol–water partition coefficient (Wildman–Crippen LogP) is 3.60. The maximum atomic E-state index is 5.97. The van der Waals surface area contributed by atoms with Gasteiger partial charge in [-0.3, -0.25) is 9.88 Å². The molecule has 1 aromatic heterocycles. The van der Waals surface area contributed by atoms with Gasteiger partial charge in [0, 0.05) is 17.8 Å². The van der Waals surface area contributed by atoms with E-state index < -0.39 is 0 Å². The largest absolute Gasteiger partial charge is 0.297 e. The fraction of sp³-hybridized carbons (Fsp3) is 0.643. The average molecular weight is 253 g/mol. The van der Waals surface area contributed by atoms with Crippen molar-refractivity contribution in [3.63, 3.8) is 0 Å². The maximum absolute atomic E-state index is 5.97. The zero-order valence-corrected chi connectivity index (χ0v) is 11.5. The zero-order chi connectivity index (χ0) is 12.3. The number of likely N-dealkylation sites (tertiary alicyclic amines) is 1. The van der Waals surface area contributed by atoms with E-state index in [4.69, 9.17) is 11.6 Å². The normalized spacial score (nSPS) is 18.8. The summed E-state index contributed by atoms with van der Waals surface area (Å²) in [5.74, 6) is 1.72. The van der Waals surface area contributed by atoms with Crippen LogP contribution >= 0.6 is 11.6 Å². The van der Waals surface area contributed by atoms with E-state index in [9.17, 15) is 0 Å². The molecule has 0 saturated carbocycles. The Morgan fingerprint density at radius 2 is 2.12 bits per heavy atom. The van der Waals surface area contributed by atoms with Gasteiger partial charge in [0.1, 0.15) is 0 Å². The minimum Gasteiger partial charge on any atom is -0.297 e. The summed E-state index contributed by atoms with van der Waals surface area (Å²) in [6, 6.07) is 3.80. The van der Waals surface area contributed by atoms with Gasteiger partial charge >= 0.3 is 0 Å². The number of aromatic nitrogens is 1. The fourth-order valence-corrected chi connectivity index (χ4v) is 2.72. The lowest BCUT2D eigenvalue weighted by molar-refractivity contribution is 0.150. The Morgan fingerprint density at radius 3 is 2.71 bits per heavy atom. The topological polar surface area (TPSA) is 16.1 Å². The van der Waals surface area contributed by atoms with Crippen LogP contribution in [0.3, 0.4) is 0 Å². The minimum atomic E-state index is 0.784. The molecule has 2 heterocycles. The summed E-state index contributed by atoms with van der Waals surface area (Å²) in [7, 11) is 0. The Labute approximate surface area is 109 Å². The second-order valence-corrected chi connectivity index (χ2v) is 5.76. The predicted molar refractivity (Wildman–Crippen MR) is 72.1 cm³/mol. The van der Waals surface area contributed by atoms with Crippen LogP contribution in [0.2, 0.25) is 5.02 Å². The van der Waals surface area contributed by atoms with Crippen molar-refractivity contribution in [2.24, 2.45) is 11.8 Å². The third-order valence-corrected chi connectivity index (χ3v) is 3.97. The zero-order valence-electron chi connectivity index (χ0n) is 10.7. The van der Waals surface area contributed by atoms with Crippen LogP contribution in [0.4, 0.5) is 0 Å². The van der Waals surface area contributed by atoms with Crippen molar-refractivity contribution in [3.05, 3.63) is 29.0 Å². The summed E-state index contributed by atoms with van der Waals surface area (Å²) in [6.45, 7) is 7.98. The summed E-state index contributed by atoms with van der Waals surface area (Å²) in [5, 5.41) is 0.784. The molecule has 0 spiro atoms. The van der Waals surface area contributed by atoms with Crippen LogP contribution < -0.4 is 0 Å². The Bertz CT molecular complexity index is 357. The highest BCUT2D eigenvalue weighted by molar-refractivity contribution is 6.30. The van der Waals surface area contributed by atoms with Crippen LogP contribution in [0.25, 0.3) is 0 Å². The van der Waals surface area contributed by atoms with Gasteiger partial charge in [0.25, 0.3) is 0 Å². The van der Waals surface area contributed by atoms with Crippen LogP contribution in [0, 0.1) is 11.8 Å². The summed E-state index contributed by atoms with van der Waals surface area (Å²) in [4.78, 5) is 6.85. The molecule has 0 amide bonds. The van der Waals surface area contributed by atoms with Crippen molar-refractivity contribution in [1.82, 2.24) is 9.88 Å². The lowest BCUT2D eigenvalue weighted by atomic mass is 9.87. The fourth-order valence-electron chi connectivity index (χ4n) is 2.54. The highest BCUT2D eigenvalue weighted by Crippen LogP contribution is 2.25. The molecule has 17 heavy (non-hydrogen) atoms. The molecular weight excluding hydrogens is 232 g/mol. The van der Waals surface area contributed by atoms with E-state index in [1.165, 1.54) is 25.9 Å². The molecule has 1 saturated heterocycles. The van der Waals surface area contributed by atoms with Gasteiger partial charge in [-0.25, -0.2) is 0 Å². The summed E-state index contributed by atoms with van der Waals surface area (Å²) in [6.07, 6.45) is 4.43. The van der Waals surface area contributed by atoms with Crippen LogP contribution in [0.5, 0.6) is 0 Å². The molecule has 1 aromatic rings. The second kappa shape index (κ2) is 5.83. The van der Waals surface area contributed by atoms with E-state index in [2.05, 4.69) is 23.7 Å². The van der Waals surface area contributed by atoms with E-state index in [0.29, 0.717) is 0 Å². The number of pyridine rings is 1. The lowest BCUT2D eigenvalue weighted by Gasteiger charge is -2.33. The van der Waals surface area contributed by atoms with Crippen molar-refractivity contribution in [1.29, 1.82) is 0 Å². The first-order chi connectivity index (χ1) is 8.15. The van der Waals surface area contributed by atoms with Gasteiger partial charge in [0.2, 0.25) is 0 Å². The minimum absolute atomic E-state index is 0.784. The lowest BCUT2D eigenvalue weighted by Crippen LogP contribution is -2.34. The quantitative estimate of drug-likeness (QED) is 0.817. The van der Waals surface area contributed by atoms with E-state index >= 15 is 0 Å². The number of nitrogens with zero attached hydrogens (tertiary/aromatic N) is 2. The molecule has 0 aliphatic carbocycles. The molecule has 0 aromatic carbocycles. The highest BCUT2D eigenvalue weighted by atomic mass is 35.5. The molecule has 0 radical (unpaired) electrons. The Kier molecular flexibility index (Phi) is 4.41. The first-order valence-corrected chi connectivity index (χ1v) is 6.85. The number of halogens is 1. The van der Waals surface area contributed by atoms with E-state index in [-0.39, 0.29) is 0 Å². The van der Waals surface area contributed by atoms with Gasteiger partial charge in [-0.1, -0.05) is 25.4 Å². The van der Waals surface area contributed by atoms with Crippen molar-refractivity contribution in [2.75, 3.05) is 13.1 Å². The molecule has 94 valence electrons. The Balaban J connectivity index is 1.86. The molecule has 2 nitrogen and oxygen atoms in total. The summed E-state index contributed by atoms with van der Waals surface area (Å²) >= 11 is 5.97. The molecule has 2 rings (SSSR count). The standard InChI is InChI=1S/C14H21ClN2/c1-11(2)12-4-7-17(8-5-12)10-14-9-13(15)3-6-16-14/h3,6,9,11-12H,4-5,7-8,10H2,1-2H3. The smallest absolute Gasteiger partial charge is 0.0558 e. The van der Waals surface area contributed by atoms with Crippen molar-refractivity contribution >= 4 is 11.6 Å². The molecular formula is C14H21ClN2. The van der Waals surface area contributed by atoms with Crippen LogP contribution in [-0.2, 0) is 6.54 Å². The van der Waals surface area contributed by atoms with Crippen molar-refractivity contribution in [3.8, 4) is 0 Å². The maximum Gasteiger partial charge on any atom is 0.0558 e. The third-order valence-electron chi connectivity index (χ3n) is 3.74. The van der Waals surface area contributed by atoms with Crippen LogP contribution in [-0.4, -0.2) is 23.0 Å². The first-order valence-electron chi connectivity index (χ1n) is 6.48. The van der Waals surface area contributed by atoms with Crippen LogP contribution in [0.1, 0.15) is 32.4 Å². The number of rotatable bonds is 3. The molecule has 0 N–H and O–H groups in total. The van der Waals surface area contributed by atoms with Crippen molar-refractivity contribution in [2.45, 2.75) is 33.2 Å². The number of hydrogen-bond donors (Lipinski definition) is 0. The molecule has 0 unspecified atom stereocenters. The first kappa shape index (κ1) is 12.8. The number of hydrogen-bond acceptors (Lipinski definition) is 2. The Morgan fingerprint density at radius 1 is 1.41 bits per heavy atom. The molecule has 0 bridgehead atoms. The van der Waals surface area contributed by atoms with Gasteiger partial charge in [0.05, 0.1) is 5.69 Å². The summed E-state index contributed by atoms with van der Waals surface area (Å²) < 4.78 is 0. The highest BCUT2D eigenvalue weighted by Gasteiger charge is 2.21. The molecule has 3 heteroatoms. The third kappa shape index (κ3) is 3.68. The van der Waals surface area contributed by atoms with Gasteiger partial charge in [-0.15, -0.1) is 0 Å². The van der Waals surface area contributed by atoms with Crippen molar-refractivity contribution < 1.29 is 0 Å². The van der Waals surface area contributed by atoms with E-state index in [1.54, 1.807) is 6.20 Å². The summed E-state index contributed by atoms with van der Waals surface area (Å²) in [5.41, 5.74) is 1.08. The van der Waals surface area contributed by atoms with Gasteiger partial charge in [-0.05, 0) is 49.9 Å². The molecule has 0 atom stereocenters. The SMILES string of the molecule is CC(C)C1CCN(Cc2cc(Cl)ccn2)CC1. The molecule has 1 aliphatic heterocycles. The second-order valence-electron chi connectivity index (χ2n) is 5.32. The van der Waals surface area contributed by atoms with Gasteiger partial charge in [0.15, 0.2) is 0 Å². The molecule has 1 fully saturated rings. The van der Waals surface area contributed by atoms with Gasteiger partial charge in [-0.2, -0.15) is 0 Å². The van der Waals surface area contributed by atoms with E-state index in [1.807, 2.05) is 12.1 Å².